The molecule has 16 heavy (non-hydrogen) atoms. The molecule has 0 aliphatic rings. The molecule has 0 aliphatic carbocycles. The van der Waals surface area contributed by atoms with Crippen molar-refractivity contribution in [1.82, 2.24) is 9.88 Å². The molecular weight excluding hydrogens is 240 g/mol. The molecule has 0 spiro atoms. The molecule has 0 unspecified atom stereocenters. The summed E-state index contributed by atoms with van der Waals surface area (Å²) in [6.07, 6.45) is 0. The second kappa shape index (κ2) is 5.43. The van der Waals surface area contributed by atoms with Gasteiger partial charge in [0.15, 0.2) is 0 Å². The lowest BCUT2D eigenvalue weighted by atomic mass is 10.2. The van der Waals surface area contributed by atoms with Crippen LogP contribution in [-0.2, 0) is 13.1 Å². The van der Waals surface area contributed by atoms with E-state index in [0.717, 1.165) is 23.8 Å². The van der Waals surface area contributed by atoms with Crippen molar-refractivity contribution >= 4 is 22.9 Å². The van der Waals surface area contributed by atoms with Crippen molar-refractivity contribution in [2.75, 3.05) is 7.05 Å². The predicted octanol–water partition coefficient (Wildman–Crippen LogP) is 3.43. The zero-order valence-corrected chi connectivity index (χ0v) is 10.6. The van der Waals surface area contributed by atoms with Gasteiger partial charge in [-0.25, -0.2) is 4.98 Å². The maximum absolute atomic E-state index is 5.84. The molecule has 0 fully saturated rings. The molecule has 84 valence electrons. The van der Waals surface area contributed by atoms with Crippen LogP contribution < -0.4 is 0 Å². The van der Waals surface area contributed by atoms with E-state index in [0.29, 0.717) is 0 Å². The number of aromatic nitrogens is 1. The van der Waals surface area contributed by atoms with E-state index in [2.05, 4.69) is 34.4 Å². The molecule has 2 aromatic rings. The number of benzene rings is 1. The minimum absolute atomic E-state index is 0.783. The smallest absolute Gasteiger partial charge is 0.0795 e. The van der Waals surface area contributed by atoms with Crippen LogP contribution in [0.4, 0.5) is 0 Å². The summed E-state index contributed by atoms with van der Waals surface area (Å²) in [5, 5.41) is 2.86. The van der Waals surface area contributed by atoms with Crippen LogP contribution in [0.15, 0.2) is 35.2 Å². The van der Waals surface area contributed by atoms with Gasteiger partial charge in [0.1, 0.15) is 0 Å². The van der Waals surface area contributed by atoms with E-state index in [1.807, 2.05) is 17.6 Å². The number of rotatable bonds is 4. The maximum Gasteiger partial charge on any atom is 0.0795 e. The Morgan fingerprint density at radius 2 is 2.00 bits per heavy atom. The SMILES string of the molecule is CN(Cc1ccc(Cl)cc1)Cc1cscn1. The Hall–Kier alpha value is -0.900. The quantitative estimate of drug-likeness (QED) is 0.829. The van der Waals surface area contributed by atoms with Gasteiger partial charge in [-0.1, -0.05) is 23.7 Å². The zero-order valence-electron chi connectivity index (χ0n) is 9.06. The summed E-state index contributed by atoms with van der Waals surface area (Å²) in [4.78, 5) is 6.50. The number of nitrogens with zero attached hydrogens (tertiary/aromatic N) is 2. The summed E-state index contributed by atoms with van der Waals surface area (Å²) in [6.45, 7) is 1.79. The molecule has 0 N–H and O–H groups in total. The van der Waals surface area contributed by atoms with Crippen LogP contribution in [0, 0.1) is 0 Å². The minimum atomic E-state index is 0.783. The van der Waals surface area contributed by atoms with E-state index in [1.165, 1.54) is 5.56 Å². The molecule has 1 heterocycles. The summed E-state index contributed by atoms with van der Waals surface area (Å²) in [5.74, 6) is 0. The van der Waals surface area contributed by atoms with Gasteiger partial charge in [-0.2, -0.15) is 0 Å². The predicted molar refractivity (Wildman–Crippen MR) is 68.7 cm³/mol. The van der Waals surface area contributed by atoms with E-state index in [9.17, 15) is 0 Å². The first-order chi connectivity index (χ1) is 7.74. The van der Waals surface area contributed by atoms with E-state index in [4.69, 9.17) is 11.6 Å². The topological polar surface area (TPSA) is 16.1 Å². The average Bonchev–Trinajstić information content (AvgIpc) is 2.74. The van der Waals surface area contributed by atoms with Crippen LogP contribution in [0.5, 0.6) is 0 Å². The van der Waals surface area contributed by atoms with Crippen molar-refractivity contribution in [2.45, 2.75) is 13.1 Å². The Balaban J connectivity index is 1.92. The third-order valence-electron chi connectivity index (χ3n) is 2.28. The standard InChI is InChI=1S/C12H13ClN2S/c1-15(7-12-8-16-9-14-12)6-10-2-4-11(13)5-3-10/h2-5,8-9H,6-7H2,1H3. The third-order valence-corrected chi connectivity index (χ3v) is 3.17. The number of hydrogen-bond donors (Lipinski definition) is 0. The van der Waals surface area contributed by atoms with Crippen LogP contribution in [0.2, 0.25) is 5.02 Å². The normalized spacial score (nSPS) is 10.9. The highest BCUT2D eigenvalue weighted by Crippen LogP contribution is 2.12. The van der Waals surface area contributed by atoms with Crippen LogP contribution in [0.1, 0.15) is 11.3 Å². The Kier molecular flexibility index (Phi) is 3.93. The fourth-order valence-corrected chi connectivity index (χ4v) is 2.23. The van der Waals surface area contributed by atoms with Gasteiger partial charge in [-0.3, -0.25) is 4.90 Å². The molecule has 0 saturated heterocycles. The van der Waals surface area contributed by atoms with E-state index < -0.39 is 0 Å². The van der Waals surface area contributed by atoms with Gasteiger partial charge in [0.05, 0.1) is 11.2 Å². The number of halogens is 1. The van der Waals surface area contributed by atoms with Gasteiger partial charge in [0, 0.05) is 23.5 Å². The summed E-state index contributed by atoms with van der Waals surface area (Å²) in [5.41, 5.74) is 4.26. The molecule has 0 atom stereocenters. The highest BCUT2D eigenvalue weighted by Gasteiger charge is 2.03. The molecule has 0 amide bonds. The number of hydrogen-bond acceptors (Lipinski definition) is 3. The largest absolute Gasteiger partial charge is 0.296 e. The Labute approximate surface area is 105 Å². The van der Waals surface area contributed by atoms with Gasteiger partial charge in [0.2, 0.25) is 0 Å². The molecule has 0 bridgehead atoms. The Morgan fingerprint density at radius 1 is 1.25 bits per heavy atom. The van der Waals surface area contributed by atoms with Crippen molar-refractivity contribution in [3.63, 3.8) is 0 Å². The highest BCUT2D eigenvalue weighted by atomic mass is 35.5. The first-order valence-electron chi connectivity index (χ1n) is 5.04. The van der Waals surface area contributed by atoms with Gasteiger partial charge in [-0.15, -0.1) is 11.3 Å². The van der Waals surface area contributed by atoms with E-state index in [1.54, 1.807) is 11.3 Å². The Morgan fingerprint density at radius 3 is 2.62 bits per heavy atom. The number of thiazole rings is 1. The van der Waals surface area contributed by atoms with Crippen molar-refractivity contribution in [3.05, 3.63) is 51.4 Å². The van der Waals surface area contributed by atoms with Crippen molar-refractivity contribution in [2.24, 2.45) is 0 Å². The zero-order chi connectivity index (χ0) is 11.4. The summed E-state index contributed by atoms with van der Waals surface area (Å²) in [7, 11) is 2.09. The molecule has 0 saturated carbocycles. The molecular formula is C12H13ClN2S. The molecule has 2 rings (SSSR count). The summed E-state index contributed by atoms with van der Waals surface area (Å²) in [6, 6.07) is 7.96. The van der Waals surface area contributed by atoms with Crippen LogP contribution in [0.3, 0.4) is 0 Å². The van der Waals surface area contributed by atoms with Gasteiger partial charge in [0.25, 0.3) is 0 Å². The highest BCUT2D eigenvalue weighted by molar-refractivity contribution is 7.07. The lowest BCUT2D eigenvalue weighted by Crippen LogP contribution is -2.17. The third kappa shape index (κ3) is 3.30. The van der Waals surface area contributed by atoms with Gasteiger partial charge >= 0.3 is 0 Å². The first kappa shape index (κ1) is 11.6. The molecule has 1 aromatic heterocycles. The Bertz CT molecular complexity index is 425. The molecule has 1 aromatic carbocycles. The fourth-order valence-electron chi connectivity index (χ4n) is 1.55. The lowest BCUT2D eigenvalue weighted by molar-refractivity contribution is 0.316. The van der Waals surface area contributed by atoms with E-state index >= 15 is 0 Å². The lowest BCUT2D eigenvalue weighted by Gasteiger charge is -2.15. The van der Waals surface area contributed by atoms with Crippen molar-refractivity contribution in [1.29, 1.82) is 0 Å². The monoisotopic (exact) mass is 252 g/mol. The summed E-state index contributed by atoms with van der Waals surface area (Å²) < 4.78 is 0. The molecule has 4 heteroatoms. The van der Waals surface area contributed by atoms with E-state index in [-0.39, 0.29) is 0 Å². The van der Waals surface area contributed by atoms with Gasteiger partial charge in [-0.05, 0) is 24.7 Å². The minimum Gasteiger partial charge on any atom is -0.296 e. The fraction of sp³-hybridized carbons (Fsp3) is 0.250. The second-order valence-corrected chi connectivity index (χ2v) is 4.93. The molecule has 2 nitrogen and oxygen atoms in total. The van der Waals surface area contributed by atoms with Crippen LogP contribution in [-0.4, -0.2) is 16.9 Å². The average molecular weight is 253 g/mol. The van der Waals surface area contributed by atoms with Crippen LogP contribution >= 0.6 is 22.9 Å². The maximum atomic E-state index is 5.84. The van der Waals surface area contributed by atoms with Crippen molar-refractivity contribution in [3.8, 4) is 0 Å². The first-order valence-corrected chi connectivity index (χ1v) is 6.36. The molecule has 0 aliphatic heterocycles. The van der Waals surface area contributed by atoms with Gasteiger partial charge < -0.3 is 0 Å². The molecule has 0 radical (unpaired) electrons. The summed E-state index contributed by atoms with van der Waals surface area (Å²) >= 11 is 7.48. The van der Waals surface area contributed by atoms with Crippen molar-refractivity contribution < 1.29 is 0 Å². The second-order valence-electron chi connectivity index (χ2n) is 3.78. The van der Waals surface area contributed by atoms with Crippen LogP contribution in [0.25, 0.3) is 0 Å².